The van der Waals surface area contributed by atoms with Crippen molar-refractivity contribution >= 4 is 5.69 Å². The van der Waals surface area contributed by atoms with Gasteiger partial charge in [0.1, 0.15) is 0 Å². The van der Waals surface area contributed by atoms with Crippen molar-refractivity contribution in [3.63, 3.8) is 0 Å². The van der Waals surface area contributed by atoms with Crippen LogP contribution in [0.4, 0.5) is 10.1 Å². The van der Waals surface area contributed by atoms with Gasteiger partial charge in [0.15, 0.2) is 0 Å². The lowest BCUT2D eigenvalue weighted by atomic mass is 10.1. The van der Waals surface area contributed by atoms with Gasteiger partial charge in [0.25, 0.3) is 0 Å². The second kappa shape index (κ2) is 5.61. The summed E-state index contributed by atoms with van der Waals surface area (Å²) < 4.78 is 14.0. The maximum Gasteiger partial charge on any atom is 0.305 e. The third-order valence-electron chi connectivity index (χ3n) is 3.89. The molecule has 5 heteroatoms. The highest BCUT2D eigenvalue weighted by atomic mass is 19.1. The number of hydrogen-bond acceptors (Lipinski definition) is 3. The van der Waals surface area contributed by atoms with Crippen molar-refractivity contribution < 1.29 is 9.31 Å². The molecule has 3 rings (SSSR count). The molecule has 0 saturated heterocycles. The van der Waals surface area contributed by atoms with Crippen molar-refractivity contribution in [2.45, 2.75) is 25.4 Å². The van der Waals surface area contributed by atoms with Crippen molar-refractivity contribution in [3.05, 3.63) is 75.1 Å². The molecule has 2 aromatic carbocycles. The van der Waals surface area contributed by atoms with Gasteiger partial charge < -0.3 is 5.32 Å². The Balaban J connectivity index is 1.67. The van der Waals surface area contributed by atoms with Gasteiger partial charge in [-0.25, -0.2) is 0 Å². The quantitative estimate of drug-likeness (QED) is 0.694. The molecule has 0 amide bonds. The van der Waals surface area contributed by atoms with E-state index in [1.165, 1.54) is 23.3 Å². The molecule has 0 aromatic heterocycles. The first-order chi connectivity index (χ1) is 10.1. The first-order valence-corrected chi connectivity index (χ1v) is 6.87. The summed E-state index contributed by atoms with van der Waals surface area (Å²) in [5, 5.41) is 14.0. The number of nitro benzene ring substituents is 1. The maximum atomic E-state index is 14.0. The maximum absolute atomic E-state index is 14.0. The number of nitrogens with zero attached hydrogens (tertiary/aromatic N) is 1. The smallest absolute Gasteiger partial charge is 0.305 e. The number of benzene rings is 2. The molecule has 1 aliphatic carbocycles. The molecule has 1 aliphatic rings. The van der Waals surface area contributed by atoms with E-state index < -0.39 is 16.4 Å². The average Bonchev–Trinajstić information content (AvgIpc) is 2.88. The molecule has 0 spiro atoms. The van der Waals surface area contributed by atoms with Crippen molar-refractivity contribution in [2.24, 2.45) is 0 Å². The molecule has 0 atom stereocenters. The molecule has 0 heterocycles. The lowest BCUT2D eigenvalue weighted by molar-refractivity contribution is -0.387. The van der Waals surface area contributed by atoms with Gasteiger partial charge in [-0.15, -0.1) is 0 Å². The van der Waals surface area contributed by atoms with Gasteiger partial charge in [-0.05, 0) is 24.0 Å². The second-order valence-electron chi connectivity index (χ2n) is 5.26. The highest BCUT2D eigenvalue weighted by Crippen LogP contribution is 2.23. The number of fused-ring (bicyclic) bond motifs is 1. The molecule has 0 radical (unpaired) electrons. The van der Waals surface area contributed by atoms with Crippen LogP contribution in [0, 0.1) is 15.9 Å². The summed E-state index contributed by atoms with van der Waals surface area (Å²) in [6.07, 6.45) is 1.82. The Morgan fingerprint density at radius 1 is 1.14 bits per heavy atom. The van der Waals surface area contributed by atoms with E-state index in [-0.39, 0.29) is 6.04 Å². The van der Waals surface area contributed by atoms with Crippen molar-refractivity contribution in [2.75, 3.05) is 0 Å². The van der Waals surface area contributed by atoms with E-state index in [1.807, 2.05) is 12.1 Å². The fraction of sp³-hybridized carbons (Fsp3) is 0.250. The van der Waals surface area contributed by atoms with Crippen LogP contribution in [0.15, 0.2) is 42.5 Å². The van der Waals surface area contributed by atoms with Crippen LogP contribution in [0.1, 0.15) is 16.7 Å². The molecule has 108 valence electrons. The van der Waals surface area contributed by atoms with Gasteiger partial charge in [0.05, 0.1) is 4.92 Å². The van der Waals surface area contributed by atoms with Crippen LogP contribution >= 0.6 is 0 Å². The molecule has 0 aliphatic heterocycles. The van der Waals surface area contributed by atoms with Crippen molar-refractivity contribution in [1.29, 1.82) is 0 Å². The van der Waals surface area contributed by atoms with Crippen LogP contribution < -0.4 is 5.32 Å². The van der Waals surface area contributed by atoms with Crippen LogP contribution in [0.3, 0.4) is 0 Å². The Morgan fingerprint density at radius 3 is 2.43 bits per heavy atom. The van der Waals surface area contributed by atoms with E-state index in [1.54, 1.807) is 6.07 Å². The van der Waals surface area contributed by atoms with Gasteiger partial charge in [-0.3, -0.25) is 10.1 Å². The van der Waals surface area contributed by atoms with Crippen molar-refractivity contribution in [1.82, 2.24) is 5.32 Å². The number of rotatable bonds is 4. The molecular formula is C16H15FN2O2. The summed E-state index contributed by atoms with van der Waals surface area (Å²) in [5.74, 6) is -0.745. The lowest BCUT2D eigenvalue weighted by Crippen LogP contribution is -2.29. The zero-order chi connectivity index (χ0) is 14.8. The molecular weight excluding hydrogens is 271 g/mol. The molecule has 2 aromatic rings. The van der Waals surface area contributed by atoms with Crippen LogP contribution in [0.5, 0.6) is 0 Å². The van der Waals surface area contributed by atoms with Crippen molar-refractivity contribution in [3.8, 4) is 0 Å². The summed E-state index contributed by atoms with van der Waals surface area (Å²) in [5.41, 5.74) is 2.49. The zero-order valence-electron chi connectivity index (χ0n) is 11.4. The fourth-order valence-corrected chi connectivity index (χ4v) is 2.80. The Hall–Kier alpha value is -2.27. The van der Waals surface area contributed by atoms with Crippen LogP contribution in [0.2, 0.25) is 0 Å². The van der Waals surface area contributed by atoms with Gasteiger partial charge in [0.2, 0.25) is 5.82 Å². The number of nitrogens with one attached hydrogen (secondary N) is 1. The normalized spacial score (nSPS) is 14.1. The van der Waals surface area contributed by atoms with Gasteiger partial charge in [0, 0.05) is 24.2 Å². The third-order valence-corrected chi connectivity index (χ3v) is 3.89. The van der Waals surface area contributed by atoms with E-state index in [9.17, 15) is 14.5 Å². The van der Waals surface area contributed by atoms with Gasteiger partial charge >= 0.3 is 5.69 Å². The topological polar surface area (TPSA) is 55.2 Å². The second-order valence-corrected chi connectivity index (χ2v) is 5.26. The largest absolute Gasteiger partial charge is 0.309 e. The Bertz CT molecular complexity index is 663. The molecule has 1 N–H and O–H groups in total. The minimum absolute atomic E-state index is 0.251. The van der Waals surface area contributed by atoms with Crippen LogP contribution in [0.25, 0.3) is 0 Å². The SMILES string of the molecule is O=[N+]([O-])c1cccc(CNC2Cc3ccccc3C2)c1F. The minimum atomic E-state index is -0.745. The first-order valence-electron chi connectivity index (χ1n) is 6.87. The predicted molar refractivity (Wildman–Crippen MR) is 77.5 cm³/mol. The molecule has 0 saturated carbocycles. The van der Waals surface area contributed by atoms with Crippen LogP contribution in [-0.2, 0) is 19.4 Å². The van der Waals surface area contributed by atoms with E-state index >= 15 is 0 Å². The molecule has 0 fully saturated rings. The van der Waals surface area contributed by atoms with Gasteiger partial charge in [-0.1, -0.05) is 36.4 Å². The monoisotopic (exact) mass is 286 g/mol. The van der Waals surface area contributed by atoms with E-state index in [0.29, 0.717) is 12.1 Å². The van der Waals surface area contributed by atoms with E-state index in [0.717, 1.165) is 12.8 Å². The summed E-state index contributed by atoms with van der Waals surface area (Å²) in [4.78, 5) is 10.0. The Morgan fingerprint density at radius 2 is 1.81 bits per heavy atom. The standard InChI is InChI=1S/C16H15FN2O2/c17-16-13(6-3-7-15(16)19(20)21)10-18-14-8-11-4-1-2-5-12(11)9-14/h1-7,14,18H,8-10H2. The van der Waals surface area contributed by atoms with Crippen LogP contribution in [-0.4, -0.2) is 11.0 Å². The summed E-state index contributed by atoms with van der Waals surface area (Å²) >= 11 is 0. The Kier molecular flexibility index (Phi) is 3.66. The van der Waals surface area contributed by atoms with E-state index in [4.69, 9.17) is 0 Å². The summed E-state index contributed by atoms with van der Waals surface area (Å²) in [7, 11) is 0. The number of nitro groups is 1. The summed E-state index contributed by atoms with van der Waals surface area (Å²) in [6, 6.07) is 12.8. The summed E-state index contributed by atoms with van der Waals surface area (Å²) in [6.45, 7) is 0.298. The molecule has 4 nitrogen and oxygen atoms in total. The minimum Gasteiger partial charge on any atom is -0.309 e. The highest BCUT2D eigenvalue weighted by Gasteiger charge is 2.22. The first kappa shape index (κ1) is 13.7. The Labute approximate surface area is 121 Å². The highest BCUT2D eigenvalue weighted by molar-refractivity contribution is 5.37. The fourth-order valence-electron chi connectivity index (χ4n) is 2.80. The molecule has 0 unspecified atom stereocenters. The zero-order valence-corrected chi connectivity index (χ0v) is 11.4. The molecule has 21 heavy (non-hydrogen) atoms. The van der Waals surface area contributed by atoms with Gasteiger partial charge in [-0.2, -0.15) is 4.39 Å². The predicted octanol–water partition coefficient (Wildman–Crippen LogP) is 2.99. The lowest BCUT2D eigenvalue weighted by Gasteiger charge is -2.12. The van der Waals surface area contributed by atoms with E-state index in [2.05, 4.69) is 17.4 Å². The third kappa shape index (κ3) is 2.78. The number of hydrogen-bond donors (Lipinski definition) is 1. The molecule has 0 bridgehead atoms. The average molecular weight is 286 g/mol. The number of halogens is 1.